The van der Waals surface area contributed by atoms with Gasteiger partial charge in [-0.15, -0.1) is 11.3 Å². The summed E-state index contributed by atoms with van der Waals surface area (Å²) in [4.78, 5) is 8.44. The predicted molar refractivity (Wildman–Crippen MR) is 129 cm³/mol. The minimum Gasteiger partial charge on any atom is -0.490 e. The lowest BCUT2D eigenvalue weighted by Gasteiger charge is -2.24. The summed E-state index contributed by atoms with van der Waals surface area (Å²) in [5.41, 5.74) is 11.9. The maximum Gasteiger partial charge on any atom is 0.137 e. The summed E-state index contributed by atoms with van der Waals surface area (Å²) in [6, 6.07) is 15.5. The molecule has 5 rings (SSSR count). The van der Waals surface area contributed by atoms with Gasteiger partial charge in [-0.3, -0.25) is 4.90 Å². The zero-order chi connectivity index (χ0) is 22.2. The zero-order valence-electron chi connectivity index (χ0n) is 18.5. The van der Waals surface area contributed by atoms with Crippen LogP contribution in [-0.2, 0) is 6.42 Å². The number of ether oxygens (including phenoxy) is 1. The molecule has 0 saturated carbocycles. The Morgan fingerprint density at radius 1 is 1.25 bits per heavy atom. The lowest BCUT2D eigenvalue weighted by Crippen LogP contribution is -2.29. The van der Waals surface area contributed by atoms with Crippen LogP contribution < -0.4 is 10.5 Å². The molecule has 1 aromatic heterocycles. The summed E-state index contributed by atoms with van der Waals surface area (Å²) >= 11 is 1.68. The summed E-state index contributed by atoms with van der Waals surface area (Å²) < 4.78 is 5.76. The third-order valence-electron chi connectivity index (χ3n) is 6.42. The molecule has 2 N–H and O–H groups in total. The van der Waals surface area contributed by atoms with Crippen LogP contribution in [0.3, 0.4) is 0 Å². The Kier molecular flexibility index (Phi) is 5.73. The van der Waals surface area contributed by atoms with Crippen molar-refractivity contribution in [2.75, 3.05) is 13.1 Å². The normalized spacial score (nSPS) is 20.5. The molecule has 2 aromatic carbocycles. The van der Waals surface area contributed by atoms with E-state index in [2.05, 4.69) is 29.2 Å². The van der Waals surface area contributed by atoms with E-state index in [0.717, 1.165) is 42.9 Å². The molecule has 32 heavy (non-hydrogen) atoms. The largest absolute Gasteiger partial charge is 0.490 e. The Labute approximate surface area is 193 Å². The molecule has 1 saturated heterocycles. The lowest BCUT2D eigenvalue weighted by molar-refractivity contribution is 0.242. The number of nitriles is 1. The highest BCUT2D eigenvalue weighted by atomic mass is 32.1. The molecule has 0 spiro atoms. The maximum atomic E-state index is 9.56. The van der Waals surface area contributed by atoms with Crippen LogP contribution in [0.15, 0.2) is 42.6 Å². The molecule has 2 aliphatic rings. The second kappa shape index (κ2) is 8.67. The van der Waals surface area contributed by atoms with Crippen molar-refractivity contribution in [1.29, 1.82) is 5.26 Å². The monoisotopic (exact) mass is 444 g/mol. The maximum absolute atomic E-state index is 9.56. The third-order valence-corrected chi connectivity index (χ3v) is 7.50. The van der Waals surface area contributed by atoms with Crippen molar-refractivity contribution in [3.63, 3.8) is 0 Å². The molecule has 0 bridgehead atoms. The number of likely N-dealkylation sites (tertiary alicyclic amines) is 1. The number of fused-ring (bicyclic) bond motifs is 1. The number of hydrogen-bond donors (Lipinski definition) is 1. The average Bonchev–Trinajstić information content (AvgIpc) is 3.52. The second-order valence-corrected chi connectivity index (χ2v) is 10.0. The first-order chi connectivity index (χ1) is 15.5. The fourth-order valence-corrected chi connectivity index (χ4v) is 5.95. The van der Waals surface area contributed by atoms with Gasteiger partial charge in [-0.05, 0) is 68.0 Å². The molecule has 164 valence electrons. The summed E-state index contributed by atoms with van der Waals surface area (Å²) in [6.45, 7) is 6.01. The zero-order valence-corrected chi connectivity index (χ0v) is 19.4. The van der Waals surface area contributed by atoms with Gasteiger partial charge in [-0.1, -0.05) is 18.2 Å². The number of thiazole rings is 1. The van der Waals surface area contributed by atoms with Crippen molar-refractivity contribution in [1.82, 2.24) is 9.88 Å². The molecule has 1 fully saturated rings. The SMILES string of the molecule is CC(C)Oc1ccc(-c2ncc(-c3cccc4c3CCC4N3CC[C@H](N)C3)s2)cc1C#N. The van der Waals surface area contributed by atoms with Gasteiger partial charge in [0.25, 0.3) is 0 Å². The highest BCUT2D eigenvalue weighted by molar-refractivity contribution is 7.18. The number of nitrogens with two attached hydrogens (primary N) is 1. The highest BCUT2D eigenvalue weighted by Crippen LogP contribution is 2.43. The summed E-state index contributed by atoms with van der Waals surface area (Å²) in [5, 5.41) is 10.5. The van der Waals surface area contributed by atoms with Gasteiger partial charge in [-0.25, -0.2) is 4.98 Å². The van der Waals surface area contributed by atoms with E-state index in [9.17, 15) is 5.26 Å². The van der Waals surface area contributed by atoms with E-state index >= 15 is 0 Å². The van der Waals surface area contributed by atoms with Crippen LogP contribution in [0.25, 0.3) is 21.0 Å². The van der Waals surface area contributed by atoms with Gasteiger partial charge in [-0.2, -0.15) is 5.26 Å². The number of rotatable bonds is 5. The minimum atomic E-state index is 0.0275. The Balaban J connectivity index is 1.44. The van der Waals surface area contributed by atoms with Crippen molar-refractivity contribution in [2.24, 2.45) is 5.73 Å². The summed E-state index contributed by atoms with van der Waals surface area (Å²) in [5.74, 6) is 0.622. The first-order valence-electron chi connectivity index (χ1n) is 11.3. The molecule has 1 unspecified atom stereocenters. The van der Waals surface area contributed by atoms with Crippen molar-refractivity contribution in [3.05, 3.63) is 59.3 Å². The van der Waals surface area contributed by atoms with E-state index in [1.54, 1.807) is 11.3 Å². The number of hydrogen-bond acceptors (Lipinski definition) is 6. The van der Waals surface area contributed by atoms with E-state index in [0.29, 0.717) is 23.4 Å². The summed E-state index contributed by atoms with van der Waals surface area (Å²) in [6.07, 6.45) is 5.34. The van der Waals surface area contributed by atoms with E-state index in [4.69, 9.17) is 15.5 Å². The molecular weight excluding hydrogens is 416 g/mol. The number of nitrogens with zero attached hydrogens (tertiary/aromatic N) is 3. The quantitative estimate of drug-likeness (QED) is 0.589. The van der Waals surface area contributed by atoms with Crippen molar-refractivity contribution in [2.45, 2.75) is 51.3 Å². The second-order valence-electron chi connectivity index (χ2n) is 8.99. The van der Waals surface area contributed by atoms with Crippen molar-refractivity contribution in [3.8, 4) is 32.8 Å². The molecule has 1 aliphatic heterocycles. The van der Waals surface area contributed by atoms with Gasteiger partial charge >= 0.3 is 0 Å². The van der Waals surface area contributed by atoms with Gasteiger partial charge in [0.05, 0.1) is 16.5 Å². The predicted octanol–water partition coefficient (Wildman–Crippen LogP) is 5.16. The van der Waals surface area contributed by atoms with Gasteiger partial charge in [0.2, 0.25) is 0 Å². The van der Waals surface area contributed by atoms with Crippen molar-refractivity contribution < 1.29 is 4.74 Å². The molecule has 0 radical (unpaired) electrons. The summed E-state index contributed by atoms with van der Waals surface area (Å²) in [7, 11) is 0. The van der Waals surface area contributed by atoms with Crippen LogP contribution in [0.2, 0.25) is 0 Å². The van der Waals surface area contributed by atoms with E-state index in [1.165, 1.54) is 21.6 Å². The number of aromatic nitrogens is 1. The van der Waals surface area contributed by atoms with E-state index < -0.39 is 0 Å². The smallest absolute Gasteiger partial charge is 0.137 e. The molecular formula is C26H28N4OS. The lowest BCUT2D eigenvalue weighted by atomic mass is 10.0. The molecule has 6 heteroatoms. The van der Waals surface area contributed by atoms with Crippen molar-refractivity contribution >= 4 is 11.3 Å². The topological polar surface area (TPSA) is 75.2 Å². The Morgan fingerprint density at radius 2 is 2.12 bits per heavy atom. The molecule has 0 amide bonds. The average molecular weight is 445 g/mol. The Bertz CT molecular complexity index is 1180. The highest BCUT2D eigenvalue weighted by Gasteiger charge is 2.33. The van der Waals surface area contributed by atoms with Gasteiger partial charge < -0.3 is 10.5 Å². The van der Waals surface area contributed by atoms with Crippen LogP contribution >= 0.6 is 11.3 Å². The van der Waals surface area contributed by atoms with Gasteiger partial charge in [0.15, 0.2) is 0 Å². The molecule has 3 aromatic rings. The fourth-order valence-electron chi connectivity index (χ4n) is 4.98. The number of benzene rings is 2. The first-order valence-corrected chi connectivity index (χ1v) is 12.1. The molecule has 2 heterocycles. The standard InChI is InChI=1S/C26H28N4OS/c1-16(2)31-24-9-6-17(12-18(24)13-27)26-29-14-25(32-26)22-5-3-4-21-20(22)7-8-23(21)30-11-10-19(28)15-30/h3-6,9,12,14,16,19,23H,7-8,10-11,15,28H2,1-2H3/t19-,23?/m0/s1. The van der Waals surface area contributed by atoms with E-state index in [1.807, 2.05) is 38.2 Å². The molecule has 5 nitrogen and oxygen atoms in total. The van der Waals surface area contributed by atoms with Crippen LogP contribution in [0, 0.1) is 11.3 Å². The molecule has 2 atom stereocenters. The third kappa shape index (κ3) is 3.93. The Morgan fingerprint density at radius 3 is 2.88 bits per heavy atom. The first kappa shape index (κ1) is 21.1. The van der Waals surface area contributed by atoms with Crippen LogP contribution in [0.1, 0.15) is 49.4 Å². The van der Waals surface area contributed by atoms with Crippen LogP contribution in [-0.4, -0.2) is 35.1 Å². The van der Waals surface area contributed by atoms with Crippen LogP contribution in [0.5, 0.6) is 5.75 Å². The van der Waals surface area contributed by atoms with E-state index in [-0.39, 0.29) is 6.10 Å². The van der Waals surface area contributed by atoms with Gasteiger partial charge in [0.1, 0.15) is 16.8 Å². The molecule has 1 aliphatic carbocycles. The van der Waals surface area contributed by atoms with Gasteiger partial charge in [0, 0.05) is 36.9 Å². The minimum absolute atomic E-state index is 0.0275. The Hall–Kier alpha value is -2.72. The van der Waals surface area contributed by atoms with Crippen LogP contribution in [0.4, 0.5) is 0 Å². The fraction of sp³-hybridized carbons (Fsp3) is 0.385.